The molecule has 0 bridgehead atoms. The third-order valence-corrected chi connectivity index (χ3v) is 5.19. The van der Waals surface area contributed by atoms with Gasteiger partial charge in [-0.05, 0) is 52.2 Å². The summed E-state index contributed by atoms with van der Waals surface area (Å²) in [5, 5.41) is 11.5. The van der Waals surface area contributed by atoms with Crippen molar-refractivity contribution in [2.24, 2.45) is 5.92 Å². The Hall–Kier alpha value is -2.46. The van der Waals surface area contributed by atoms with Crippen LogP contribution >= 0.6 is 23.8 Å². The Bertz CT molecular complexity index is 828. The highest BCUT2D eigenvalue weighted by Gasteiger charge is 2.36. The van der Waals surface area contributed by atoms with E-state index in [4.69, 9.17) is 28.6 Å². The van der Waals surface area contributed by atoms with E-state index in [2.05, 4.69) is 26.3 Å². The number of carbonyl (C=O) groups is 3. The molecular formula is C20H28ClN5O4S. The molecule has 170 valence electrons. The summed E-state index contributed by atoms with van der Waals surface area (Å²) in [4.78, 5) is 40.8. The Balaban J connectivity index is 2.04. The number of pyridine rings is 1. The number of nitrogens with one attached hydrogen (secondary N) is 4. The van der Waals surface area contributed by atoms with Crippen LogP contribution in [0.1, 0.15) is 40.0 Å². The lowest BCUT2D eigenvalue weighted by Crippen LogP contribution is -2.57. The number of hydrogen-bond acceptors (Lipinski definition) is 6. The number of anilines is 1. The normalized spacial score (nSPS) is 20.9. The molecule has 0 radical (unpaired) electrons. The van der Waals surface area contributed by atoms with E-state index in [1.165, 1.54) is 6.20 Å². The van der Waals surface area contributed by atoms with Crippen molar-refractivity contribution < 1.29 is 19.1 Å². The first-order valence-corrected chi connectivity index (χ1v) is 10.7. The van der Waals surface area contributed by atoms with E-state index >= 15 is 0 Å². The van der Waals surface area contributed by atoms with Crippen molar-refractivity contribution in [1.29, 1.82) is 0 Å². The molecule has 0 unspecified atom stereocenters. The molecule has 0 saturated heterocycles. The fraction of sp³-hybridized carbons (Fsp3) is 0.550. The van der Waals surface area contributed by atoms with Gasteiger partial charge in [0.1, 0.15) is 11.4 Å². The summed E-state index contributed by atoms with van der Waals surface area (Å²) in [6.45, 7) is 5.29. The molecule has 1 aliphatic carbocycles. The van der Waals surface area contributed by atoms with Crippen LogP contribution in [0.15, 0.2) is 18.3 Å². The van der Waals surface area contributed by atoms with Crippen molar-refractivity contribution in [3.05, 3.63) is 23.4 Å². The maximum Gasteiger partial charge on any atom is 0.407 e. The maximum absolute atomic E-state index is 12.4. The molecule has 9 nitrogen and oxygen atoms in total. The quantitative estimate of drug-likeness (QED) is 0.499. The molecule has 1 aliphatic rings. The summed E-state index contributed by atoms with van der Waals surface area (Å²) in [7, 11) is 1.58. The van der Waals surface area contributed by atoms with Gasteiger partial charge in [-0.2, -0.15) is 0 Å². The minimum atomic E-state index is -0.664. The Kier molecular flexibility index (Phi) is 8.58. The summed E-state index contributed by atoms with van der Waals surface area (Å²) in [6, 6.07) is 2.36. The molecule has 0 aromatic carbocycles. The number of ether oxygens (including phenoxy) is 1. The molecule has 1 aromatic rings. The second-order valence-corrected chi connectivity index (χ2v) is 9.12. The molecule has 31 heavy (non-hydrogen) atoms. The number of amides is 3. The third kappa shape index (κ3) is 7.95. The highest BCUT2D eigenvalue weighted by Crippen LogP contribution is 2.26. The summed E-state index contributed by atoms with van der Waals surface area (Å²) in [6.07, 6.45) is 2.33. The molecule has 3 amide bonds. The van der Waals surface area contributed by atoms with Crippen molar-refractivity contribution in [1.82, 2.24) is 20.9 Å². The highest BCUT2D eigenvalue weighted by molar-refractivity contribution is 7.82. The average Bonchev–Trinajstić information content (AvgIpc) is 2.68. The number of carbonyl (C=O) groups excluding carboxylic acids is 3. The molecule has 2 rings (SSSR count). The lowest BCUT2D eigenvalue weighted by molar-refractivity contribution is -0.125. The van der Waals surface area contributed by atoms with Gasteiger partial charge in [-0.15, -0.1) is 0 Å². The van der Waals surface area contributed by atoms with Crippen molar-refractivity contribution >= 4 is 52.5 Å². The van der Waals surface area contributed by atoms with Gasteiger partial charge in [0.15, 0.2) is 4.99 Å². The third-order valence-electron chi connectivity index (χ3n) is 4.66. The fourth-order valence-electron chi connectivity index (χ4n) is 3.26. The van der Waals surface area contributed by atoms with E-state index in [0.717, 1.165) is 0 Å². The molecular weight excluding hydrogens is 442 g/mol. The standard InChI is InChI=1S/C20H28ClN5O4S/c1-20(2,3)30-19(29)25-14-9-11(16(27)22-4)5-7-13(14)24-18(31)17(28)26-15-8-6-12(21)10-23-15/h6,8,10-11,13-14H,5,7,9H2,1-4H3,(H,22,27)(H,24,31)(H,25,29)(H,23,26,28)/t11-,13-,14+/m0/s1. The number of alkyl carbamates (subject to hydrolysis) is 1. The lowest BCUT2D eigenvalue weighted by Gasteiger charge is -2.37. The second-order valence-electron chi connectivity index (χ2n) is 8.27. The molecule has 1 fully saturated rings. The minimum absolute atomic E-state index is 0.0452. The van der Waals surface area contributed by atoms with Crippen LogP contribution in [0, 0.1) is 5.92 Å². The Morgan fingerprint density at radius 2 is 1.87 bits per heavy atom. The molecule has 11 heteroatoms. The van der Waals surface area contributed by atoms with Crippen molar-refractivity contribution in [2.45, 2.75) is 57.7 Å². The molecule has 1 saturated carbocycles. The monoisotopic (exact) mass is 469 g/mol. The molecule has 0 aliphatic heterocycles. The number of hydrogen-bond donors (Lipinski definition) is 4. The van der Waals surface area contributed by atoms with E-state index in [9.17, 15) is 14.4 Å². The Morgan fingerprint density at radius 3 is 2.45 bits per heavy atom. The van der Waals surface area contributed by atoms with Crippen LogP contribution in [0.5, 0.6) is 0 Å². The fourth-order valence-corrected chi connectivity index (χ4v) is 3.58. The van der Waals surface area contributed by atoms with E-state index in [1.807, 2.05) is 0 Å². The summed E-state index contributed by atoms with van der Waals surface area (Å²) in [5.41, 5.74) is -0.664. The largest absolute Gasteiger partial charge is 0.444 e. The first-order valence-electron chi connectivity index (χ1n) is 9.93. The number of aromatic nitrogens is 1. The van der Waals surface area contributed by atoms with Crippen LogP contribution in [0.2, 0.25) is 5.02 Å². The topological polar surface area (TPSA) is 121 Å². The van der Waals surface area contributed by atoms with Crippen LogP contribution < -0.4 is 21.3 Å². The van der Waals surface area contributed by atoms with Crippen molar-refractivity contribution in [3.8, 4) is 0 Å². The van der Waals surface area contributed by atoms with E-state index in [0.29, 0.717) is 30.1 Å². The number of halogens is 1. The summed E-state index contributed by atoms with van der Waals surface area (Å²) < 4.78 is 5.34. The lowest BCUT2D eigenvalue weighted by atomic mass is 9.81. The van der Waals surface area contributed by atoms with Gasteiger partial charge < -0.3 is 26.0 Å². The van der Waals surface area contributed by atoms with Crippen LogP contribution in [0.25, 0.3) is 0 Å². The zero-order valence-electron chi connectivity index (χ0n) is 18.0. The Morgan fingerprint density at radius 1 is 1.16 bits per heavy atom. The zero-order valence-corrected chi connectivity index (χ0v) is 19.5. The van der Waals surface area contributed by atoms with Gasteiger partial charge in [0.2, 0.25) is 5.91 Å². The van der Waals surface area contributed by atoms with Gasteiger partial charge in [0.25, 0.3) is 5.91 Å². The van der Waals surface area contributed by atoms with E-state index in [-0.39, 0.29) is 22.9 Å². The number of nitrogens with zero attached hydrogens (tertiary/aromatic N) is 1. The van der Waals surface area contributed by atoms with Crippen molar-refractivity contribution in [2.75, 3.05) is 12.4 Å². The van der Waals surface area contributed by atoms with Crippen LogP contribution in [-0.2, 0) is 14.3 Å². The molecule has 1 aromatic heterocycles. The number of rotatable bonds is 4. The Labute approximate surface area is 192 Å². The average molecular weight is 470 g/mol. The zero-order chi connectivity index (χ0) is 23.2. The van der Waals surface area contributed by atoms with Crippen LogP contribution in [0.3, 0.4) is 0 Å². The van der Waals surface area contributed by atoms with Gasteiger partial charge in [0, 0.05) is 25.2 Å². The van der Waals surface area contributed by atoms with Gasteiger partial charge >= 0.3 is 6.09 Å². The predicted molar refractivity (Wildman–Crippen MR) is 122 cm³/mol. The van der Waals surface area contributed by atoms with Gasteiger partial charge in [-0.25, -0.2) is 9.78 Å². The number of thiocarbonyl (C=S) groups is 1. The van der Waals surface area contributed by atoms with Gasteiger partial charge in [-0.1, -0.05) is 23.8 Å². The molecule has 1 heterocycles. The molecule has 4 N–H and O–H groups in total. The second kappa shape index (κ2) is 10.7. The smallest absolute Gasteiger partial charge is 0.407 e. The van der Waals surface area contributed by atoms with Crippen LogP contribution in [-0.4, -0.2) is 52.6 Å². The maximum atomic E-state index is 12.4. The van der Waals surface area contributed by atoms with Gasteiger partial charge in [-0.3, -0.25) is 9.59 Å². The van der Waals surface area contributed by atoms with E-state index < -0.39 is 23.6 Å². The van der Waals surface area contributed by atoms with Crippen LogP contribution in [0.4, 0.5) is 10.6 Å². The predicted octanol–water partition coefficient (Wildman–Crippen LogP) is 2.40. The van der Waals surface area contributed by atoms with E-state index in [1.54, 1.807) is 40.0 Å². The first kappa shape index (κ1) is 24.8. The SMILES string of the molecule is CNC(=O)[C@H]1CC[C@H](NC(=S)C(=O)Nc2ccc(Cl)cn2)[C@H](NC(=O)OC(C)(C)C)C1. The highest BCUT2D eigenvalue weighted by atomic mass is 35.5. The summed E-state index contributed by atoms with van der Waals surface area (Å²) in [5.74, 6) is -0.577. The van der Waals surface area contributed by atoms with Gasteiger partial charge in [0.05, 0.1) is 11.1 Å². The minimum Gasteiger partial charge on any atom is -0.444 e. The van der Waals surface area contributed by atoms with Crippen molar-refractivity contribution in [3.63, 3.8) is 0 Å². The molecule has 3 atom stereocenters. The summed E-state index contributed by atoms with van der Waals surface area (Å²) >= 11 is 11.0. The first-order chi connectivity index (χ1) is 14.5. The molecule has 0 spiro atoms.